The smallest absolute Gasteiger partial charge is 0.222 e. The molecule has 0 aromatic carbocycles. The summed E-state index contributed by atoms with van der Waals surface area (Å²) < 4.78 is 0. The molecular weight excluding hydrogens is 314 g/mol. The van der Waals surface area contributed by atoms with Gasteiger partial charge in [-0.25, -0.2) is 0 Å². The van der Waals surface area contributed by atoms with E-state index < -0.39 is 0 Å². The third-order valence-corrected chi connectivity index (χ3v) is 5.51. The minimum atomic E-state index is 0.418. The molecule has 3 heteroatoms. The largest absolute Gasteiger partial charge is 0.339 e. The Morgan fingerprint density at radius 2 is 1.55 bits per heavy atom. The van der Waals surface area contributed by atoms with Crippen LogP contribution in [0.3, 0.4) is 0 Å². The van der Waals surface area contributed by atoms with Crippen LogP contribution in [-0.2, 0) is 4.79 Å². The fraction of sp³-hybridized carbons (Fsp3) is 0.941. The van der Waals surface area contributed by atoms with Gasteiger partial charge in [0.25, 0.3) is 0 Å². The average Bonchev–Trinajstić information content (AvgIpc) is 2.52. The first kappa shape index (κ1) is 16.3. The highest BCUT2D eigenvalue weighted by molar-refractivity contribution is 9.09. The molecule has 0 aliphatic heterocycles. The Balaban J connectivity index is 1.79. The molecular formula is C17H30BrNO. The number of hydrogen-bond donors (Lipinski definition) is 0. The Kier molecular flexibility index (Phi) is 7.40. The van der Waals surface area contributed by atoms with Crippen molar-refractivity contribution in [3.8, 4) is 0 Å². The van der Waals surface area contributed by atoms with Gasteiger partial charge in [-0.3, -0.25) is 4.79 Å². The first-order chi connectivity index (χ1) is 9.81. The average molecular weight is 344 g/mol. The van der Waals surface area contributed by atoms with Gasteiger partial charge in [-0.05, 0) is 25.2 Å². The molecule has 0 heterocycles. The van der Waals surface area contributed by atoms with Crippen molar-refractivity contribution >= 4 is 21.8 Å². The lowest BCUT2D eigenvalue weighted by Gasteiger charge is -2.34. The van der Waals surface area contributed by atoms with Crippen LogP contribution < -0.4 is 0 Å². The molecule has 2 aliphatic carbocycles. The maximum atomic E-state index is 12.6. The first-order valence-electron chi connectivity index (χ1n) is 8.66. The van der Waals surface area contributed by atoms with E-state index in [4.69, 9.17) is 0 Å². The lowest BCUT2D eigenvalue weighted by atomic mass is 9.86. The van der Waals surface area contributed by atoms with Gasteiger partial charge in [0.2, 0.25) is 5.91 Å². The van der Waals surface area contributed by atoms with E-state index in [1.54, 1.807) is 0 Å². The number of carbonyl (C=O) groups excluding carboxylic acids is 1. The molecule has 0 saturated heterocycles. The molecule has 1 amide bonds. The lowest BCUT2D eigenvalue weighted by Crippen LogP contribution is -2.42. The fourth-order valence-electron chi connectivity index (χ4n) is 3.94. The molecule has 2 saturated carbocycles. The van der Waals surface area contributed by atoms with Crippen LogP contribution in [0.5, 0.6) is 0 Å². The van der Waals surface area contributed by atoms with Crippen molar-refractivity contribution in [3.63, 3.8) is 0 Å². The van der Waals surface area contributed by atoms with Crippen molar-refractivity contribution < 1.29 is 4.79 Å². The van der Waals surface area contributed by atoms with Gasteiger partial charge in [-0.1, -0.05) is 67.3 Å². The molecule has 0 spiro atoms. The Morgan fingerprint density at radius 1 is 0.950 bits per heavy atom. The summed E-state index contributed by atoms with van der Waals surface area (Å²) >= 11 is 3.52. The maximum absolute atomic E-state index is 12.6. The Hall–Kier alpha value is -0.0500. The van der Waals surface area contributed by atoms with Gasteiger partial charge in [0.15, 0.2) is 0 Å². The van der Waals surface area contributed by atoms with E-state index in [0.29, 0.717) is 11.9 Å². The molecule has 0 radical (unpaired) electrons. The number of carbonyl (C=O) groups is 1. The van der Waals surface area contributed by atoms with Crippen molar-refractivity contribution in [1.29, 1.82) is 0 Å². The van der Waals surface area contributed by atoms with E-state index in [1.165, 1.54) is 64.2 Å². The second kappa shape index (κ2) is 9.07. The van der Waals surface area contributed by atoms with Crippen LogP contribution in [0, 0.1) is 5.92 Å². The van der Waals surface area contributed by atoms with Crippen LogP contribution in [-0.4, -0.2) is 28.7 Å². The third kappa shape index (κ3) is 5.05. The van der Waals surface area contributed by atoms with Crippen LogP contribution in [0.25, 0.3) is 0 Å². The predicted molar refractivity (Wildman–Crippen MR) is 88.2 cm³/mol. The molecule has 0 bridgehead atoms. The van der Waals surface area contributed by atoms with Crippen LogP contribution in [0.1, 0.15) is 77.0 Å². The molecule has 2 nitrogen and oxygen atoms in total. The van der Waals surface area contributed by atoms with E-state index in [2.05, 4.69) is 20.8 Å². The molecule has 20 heavy (non-hydrogen) atoms. The quantitative estimate of drug-likeness (QED) is 0.628. The Bertz CT molecular complexity index is 283. The number of alkyl halides is 1. The predicted octanol–water partition coefficient (Wildman–Crippen LogP) is 4.90. The zero-order chi connectivity index (χ0) is 14.2. The summed E-state index contributed by atoms with van der Waals surface area (Å²) in [5.74, 6) is 1.24. The van der Waals surface area contributed by atoms with E-state index in [0.717, 1.165) is 30.6 Å². The summed E-state index contributed by atoms with van der Waals surface area (Å²) in [4.78, 5) is 14.8. The number of hydrogen-bond acceptors (Lipinski definition) is 1. The lowest BCUT2D eigenvalue weighted by molar-refractivity contribution is -0.134. The number of rotatable bonds is 6. The van der Waals surface area contributed by atoms with Gasteiger partial charge >= 0.3 is 0 Å². The molecule has 0 atom stereocenters. The summed E-state index contributed by atoms with van der Waals surface area (Å²) in [6, 6.07) is 0.528. The molecule has 0 N–H and O–H groups in total. The maximum Gasteiger partial charge on any atom is 0.222 e. The second-order valence-electron chi connectivity index (χ2n) is 6.61. The molecule has 116 valence electrons. The van der Waals surface area contributed by atoms with Crippen molar-refractivity contribution in [2.45, 2.75) is 83.1 Å². The summed E-state index contributed by atoms with van der Waals surface area (Å²) in [6.45, 7) is 0.897. The minimum Gasteiger partial charge on any atom is -0.339 e. The molecule has 2 rings (SSSR count). The van der Waals surface area contributed by atoms with Crippen molar-refractivity contribution in [2.75, 3.05) is 11.9 Å². The van der Waals surface area contributed by atoms with Gasteiger partial charge in [0.05, 0.1) is 0 Å². The molecule has 0 aromatic rings. The highest BCUT2D eigenvalue weighted by Crippen LogP contribution is 2.28. The second-order valence-corrected chi connectivity index (χ2v) is 7.40. The van der Waals surface area contributed by atoms with E-state index in [-0.39, 0.29) is 0 Å². The summed E-state index contributed by atoms with van der Waals surface area (Å²) in [5.41, 5.74) is 0. The highest BCUT2D eigenvalue weighted by Gasteiger charge is 2.25. The first-order valence-corrected chi connectivity index (χ1v) is 9.79. The Morgan fingerprint density at radius 3 is 2.15 bits per heavy atom. The van der Waals surface area contributed by atoms with Crippen LogP contribution in [0.15, 0.2) is 0 Å². The summed E-state index contributed by atoms with van der Waals surface area (Å²) in [6.07, 6.45) is 15.2. The Labute approximate surface area is 132 Å². The zero-order valence-electron chi connectivity index (χ0n) is 12.8. The van der Waals surface area contributed by atoms with Crippen molar-refractivity contribution in [1.82, 2.24) is 4.90 Å². The SMILES string of the molecule is O=C(CCC1CCCCC1)N(CCBr)C1CCCCC1. The van der Waals surface area contributed by atoms with Gasteiger partial charge in [0.1, 0.15) is 0 Å². The standard InChI is InChI=1S/C17H30BrNO/c18-13-14-19(16-9-5-2-6-10-16)17(20)12-11-15-7-3-1-4-8-15/h15-16H,1-14H2. The molecule has 2 fully saturated rings. The number of halogens is 1. The topological polar surface area (TPSA) is 20.3 Å². The van der Waals surface area contributed by atoms with Gasteiger partial charge in [-0.2, -0.15) is 0 Å². The molecule has 2 aliphatic rings. The molecule has 0 unspecified atom stereocenters. The monoisotopic (exact) mass is 343 g/mol. The zero-order valence-corrected chi connectivity index (χ0v) is 14.4. The number of amides is 1. The molecule has 0 aromatic heterocycles. The van der Waals surface area contributed by atoms with Gasteiger partial charge in [-0.15, -0.1) is 0 Å². The fourth-order valence-corrected chi connectivity index (χ4v) is 4.32. The normalized spacial score (nSPS) is 21.9. The van der Waals surface area contributed by atoms with Gasteiger partial charge < -0.3 is 4.90 Å². The van der Waals surface area contributed by atoms with Crippen LogP contribution in [0.4, 0.5) is 0 Å². The summed E-state index contributed by atoms with van der Waals surface area (Å²) in [5, 5.41) is 0.915. The van der Waals surface area contributed by atoms with E-state index in [9.17, 15) is 4.79 Å². The third-order valence-electron chi connectivity index (χ3n) is 5.15. The number of nitrogens with zero attached hydrogens (tertiary/aromatic N) is 1. The van der Waals surface area contributed by atoms with Crippen molar-refractivity contribution in [3.05, 3.63) is 0 Å². The van der Waals surface area contributed by atoms with E-state index >= 15 is 0 Å². The van der Waals surface area contributed by atoms with Gasteiger partial charge in [0, 0.05) is 24.3 Å². The van der Waals surface area contributed by atoms with E-state index in [1.807, 2.05) is 0 Å². The van der Waals surface area contributed by atoms with Crippen LogP contribution in [0.2, 0.25) is 0 Å². The van der Waals surface area contributed by atoms with Crippen molar-refractivity contribution in [2.24, 2.45) is 5.92 Å². The summed E-state index contributed by atoms with van der Waals surface area (Å²) in [7, 11) is 0. The van der Waals surface area contributed by atoms with Crippen LogP contribution >= 0.6 is 15.9 Å². The highest BCUT2D eigenvalue weighted by atomic mass is 79.9. The minimum absolute atomic E-state index is 0.418.